The van der Waals surface area contributed by atoms with Crippen LogP contribution >= 0.6 is 27.5 Å². The number of halogens is 3. The van der Waals surface area contributed by atoms with Gasteiger partial charge in [-0.1, -0.05) is 17.7 Å². The second-order valence-corrected chi connectivity index (χ2v) is 5.03. The van der Waals surface area contributed by atoms with Crippen LogP contribution in [0.3, 0.4) is 0 Å². The van der Waals surface area contributed by atoms with Gasteiger partial charge >= 0.3 is 0 Å². The molecule has 2 aromatic rings. The Labute approximate surface area is 118 Å². The highest BCUT2D eigenvalue weighted by Crippen LogP contribution is 2.26. The molecule has 0 saturated heterocycles. The number of nitrogens with one attached hydrogen (secondary N) is 1. The Morgan fingerprint density at radius 2 is 2.00 bits per heavy atom. The Kier molecular flexibility index (Phi) is 4.09. The molecule has 94 valence electrons. The molecule has 0 atom stereocenters. The Morgan fingerprint density at radius 1 is 1.22 bits per heavy atom. The molecule has 0 bridgehead atoms. The van der Waals surface area contributed by atoms with Crippen LogP contribution in [0.15, 0.2) is 40.9 Å². The lowest BCUT2D eigenvalue weighted by Crippen LogP contribution is -1.99. The van der Waals surface area contributed by atoms with Gasteiger partial charge in [0.25, 0.3) is 0 Å². The summed E-state index contributed by atoms with van der Waals surface area (Å²) in [6, 6.07) is 9.75. The van der Waals surface area contributed by atoms with Gasteiger partial charge in [0, 0.05) is 16.7 Å². The third-order valence-electron chi connectivity index (χ3n) is 2.43. The Bertz CT molecular complexity index is 525. The van der Waals surface area contributed by atoms with Gasteiger partial charge < -0.3 is 10.4 Å². The average molecular weight is 331 g/mol. The van der Waals surface area contributed by atoms with E-state index in [1.54, 1.807) is 12.1 Å². The molecule has 2 rings (SSSR count). The minimum Gasteiger partial charge on any atom is -0.505 e. The summed E-state index contributed by atoms with van der Waals surface area (Å²) in [5.41, 5.74) is 1.62. The molecule has 0 aliphatic rings. The van der Waals surface area contributed by atoms with Gasteiger partial charge in [-0.25, -0.2) is 4.39 Å². The summed E-state index contributed by atoms with van der Waals surface area (Å²) >= 11 is 9.21. The molecular formula is C13H10BrClFNO. The van der Waals surface area contributed by atoms with Crippen LogP contribution in [0.4, 0.5) is 10.1 Å². The maximum absolute atomic E-state index is 13.1. The van der Waals surface area contributed by atoms with E-state index in [0.717, 1.165) is 15.7 Å². The minimum absolute atomic E-state index is 0.340. The number of phenolic OH excluding ortho intramolecular Hbond substituents is 1. The predicted molar refractivity (Wildman–Crippen MR) is 74.5 cm³/mol. The summed E-state index contributed by atoms with van der Waals surface area (Å²) in [5, 5.41) is 12.9. The quantitative estimate of drug-likeness (QED) is 0.864. The SMILES string of the molecule is Oc1ccc(CNc2ccc(Cl)c(Br)c2)cc1F. The first kappa shape index (κ1) is 13.2. The summed E-state index contributed by atoms with van der Waals surface area (Å²) < 4.78 is 13.9. The number of phenols is 1. The van der Waals surface area contributed by atoms with E-state index in [1.807, 2.05) is 12.1 Å². The lowest BCUT2D eigenvalue weighted by Gasteiger charge is -2.08. The Morgan fingerprint density at radius 3 is 2.67 bits per heavy atom. The van der Waals surface area contributed by atoms with Gasteiger partial charge in [-0.05, 0) is 51.8 Å². The van der Waals surface area contributed by atoms with Crippen LogP contribution < -0.4 is 5.32 Å². The van der Waals surface area contributed by atoms with Gasteiger partial charge in [0.15, 0.2) is 11.6 Å². The predicted octanol–water partition coefficient (Wildman–Crippen LogP) is 4.56. The Balaban J connectivity index is 2.06. The van der Waals surface area contributed by atoms with Crippen LogP contribution in [0.25, 0.3) is 0 Å². The third kappa shape index (κ3) is 3.15. The maximum Gasteiger partial charge on any atom is 0.165 e. The molecule has 0 aromatic heterocycles. The van der Waals surface area contributed by atoms with Crippen molar-refractivity contribution in [2.24, 2.45) is 0 Å². The average Bonchev–Trinajstić information content (AvgIpc) is 2.35. The molecule has 0 amide bonds. The molecular weight excluding hydrogens is 321 g/mol. The third-order valence-corrected chi connectivity index (χ3v) is 3.64. The fourth-order valence-corrected chi connectivity index (χ4v) is 1.97. The lowest BCUT2D eigenvalue weighted by molar-refractivity contribution is 0.432. The fraction of sp³-hybridized carbons (Fsp3) is 0.0769. The molecule has 2 nitrogen and oxygen atoms in total. The lowest BCUT2D eigenvalue weighted by atomic mass is 10.2. The molecule has 0 aliphatic carbocycles. The van der Waals surface area contributed by atoms with E-state index in [4.69, 9.17) is 16.7 Å². The molecule has 0 radical (unpaired) electrons. The van der Waals surface area contributed by atoms with E-state index in [0.29, 0.717) is 11.6 Å². The van der Waals surface area contributed by atoms with Crippen molar-refractivity contribution in [1.82, 2.24) is 0 Å². The second-order valence-electron chi connectivity index (χ2n) is 3.77. The van der Waals surface area contributed by atoms with Gasteiger partial charge in [-0.15, -0.1) is 0 Å². The first-order valence-electron chi connectivity index (χ1n) is 5.22. The molecule has 0 fully saturated rings. The van der Waals surface area contributed by atoms with E-state index in [2.05, 4.69) is 21.2 Å². The van der Waals surface area contributed by atoms with Gasteiger partial charge in [0.1, 0.15) is 0 Å². The highest BCUT2D eigenvalue weighted by Gasteiger charge is 2.02. The van der Waals surface area contributed by atoms with Crippen molar-refractivity contribution in [3.05, 3.63) is 57.3 Å². The van der Waals surface area contributed by atoms with Crippen LogP contribution in [-0.2, 0) is 6.54 Å². The number of anilines is 1. The molecule has 0 heterocycles. The van der Waals surface area contributed by atoms with Crippen molar-refractivity contribution in [3.63, 3.8) is 0 Å². The highest BCUT2D eigenvalue weighted by molar-refractivity contribution is 9.10. The number of hydrogen-bond donors (Lipinski definition) is 2. The smallest absolute Gasteiger partial charge is 0.165 e. The fourth-order valence-electron chi connectivity index (χ4n) is 1.47. The van der Waals surface area contributed by atoms with E-state index in [9.17, 15) is 4.39 Å². The van der Waals surface area contributed by atoms with Crippen molar-refractivity contribution < 1.29 is 9.50 Å². The van der Waals surface area contributed by atoms with E-state index in [-0.39, 0.29) is 5.75 Å². The molecule has 0 spiro atoms. The molecule has 18 heavy (non-hydrogen) atoms. The first-order valence-corrected chi connectivity index (χ1v) is 6.39. The van der Waals surface area contributed by atoms with Gasteiger partial charge in [-0.2, -0.15) is 0 Å². The van der Waals surface area contributed by atoms with Crippen molar-refractivity contribution in [3.8, 4) is 5.75 Å². The molecule has 5 heteroatoms. The molecule has 2 aromatic carbocycles. The van der Waals surface area contributed by atoms with Crippen LogP contribution in [0.2, 0.25) is 5.02 Å². The summed E-state index contributed by atoms with van der Waals surface area (Å²) in [6.45, 7) is 0.464. The summed E-state index contributed by atoms with van der Waals surface area (Å²) in [7, 11) is 0. The second kappa shape index (κ2) is 5.59. The topological polar surface area (TPSA) is 32.3 Å². The summed E-state index contributed by atoms with van der Waals surface area (Å²) in [6.07, 6.45) is 0. The van der Waals surface area contributed by atoms with Gasteiger partial charge in [0.2, 0.25) is 0 Å². The van der Waals surface area contributed by atoms with E-state index < -0.39 is 5.82 Å². The highest BCUT2D eigenvalue weighted by atomic mass is 79.9. The maximum atomic E-state index is 13.1. The standard InChI is InChI=1S/C13H10BrClFNO/c14-10-6-9(2-3-11(10)15)17-7-8-1-4-13(18)12(16)5-8/h1-6,17-18H,7H2. The number of benzene rings is 2. The van der Waals surface area contributed by atoms with Crippen molar-refractivity contribution in [2.75, 3.05) is 5.32 Å². The molecule has 0 unspecified atom stereocenters. The normalized spacial score (nSPS) is 10.4. The van der Waals surface area contributed by atoms with Crippen LogP contribution in [-0.4, -0.2) is 5.11 Å². The van der Waals surface area contributed by atoms with E-state index in [1.165, 1.54) is 12.1 Å². The molecule has 0 aliphatic heterocycles. The number of hydrogen-bond acceptors (Lipinski definition) is 2. The summed E-state index contributed by atoms with van der Waals surface area (Å²) in [5.74, 6) is -0.959. The minimum atomic E-state index is -0.619. The summed E-state index contributed by atoms with van der Waals surface area (Å²) in [4.78, 5) is 0. The van der Waals surface area contributed by atoms with Gasteiger partial charge in [0.05, 0.1) is 5.02 Å². The van der Waals surface area contributed by atoms with Crippen molar-refractivity contribution in [1.29, 1.82) is 0 Å². The molecule has 2 N–H and O–H groups in total. The zero-order valence-corrected chi connectivity index (χ0v) is 11.6. The van der Waals surface area contributed by atoms with Crippen molar-refractivity contribution >= 4 is 33.2 Å². The number of aromatic hydroxyl groups is 1. The van der Waals surface area contributed by atoms with Crippen LogP contribution in [0.1, 0.15) is 5.56 Å². The zero-order valence-electron chi connectivity index (χ0n) is 9.25. The van der Waals surface area contributed by atoms with Gasteiger partial charge in [-0.3, -0.25) is 0 Å². The largest absolute Gasteiger partial charge is 0.505 e. The van der Waals surface area contributed by atoms with E-state index >= 15 is 0 Å². The molecule has 0 saturated carbocycles. The monoisotopic (exact) mass is 329 g/mol. The van der Waals surface area contributed by atoms with Crippen LogP contribution in [0.5, 0.6) is 5.75 Å². The zero-order chi connectivity index (χ0) is 13.1. The Hall–Kier alpha value is -1.26. The first-order chi connectivity index (χ1) is 8.56. The van der Waals surface area contributed by atoms with Crippen LogP contribution in [0, 0.1) is 5.82 Å². The van der Waals surface area contributed by atoms with Crippen molar-refractivity contribution in [2.45, 2.75) is 6.54 Å². The number of rotatable bonds is 3.